The molecule has 0 radical (unpaired) electrons. The predicted octanol–water partition coefficient (Wildman–Crippen LogP) is 4.06. The molecule has 138 valence electrons. The topological polar surface area (TPSA) is 69.7 Å². The van der Waals surface area contributed by atoms with Crippen LogP contribution in [0.3, 0.4) is 0 Å². The predicted molar refractivity (Wildman–Crippen MR) is 101 cm³/mol. The maximum Gasteiger partial charge on any atom is 0.410 e. The van der Waals surface area contributed by atoms with E-state index >= 15 is 0 Å². The first-order valence-electron chi connectivity index (χ1n) is 8.44. The zero-order valence-corrected chi connectivity index (χ0v) is 16.7. The second kappa shape index (κ2) is 7.43. The van der Waals surface area contributed by atoms with Crippen LogP contribution in [0, 0.1) is 11.1 Å². The van der Waals surface area contributed by atoms with Gasteiger partial charge in [-0.3, -0.25) is 4.65 Å². The summed E-state index contributed by atoms with van der Waals surface area (Å²) >= 11 is 3.33. The molecule has 0 spiro atoms. The van der Waals surface area contributed by atoms with Crippen molar-refractivity contribution in [2.24, 2.45) is 5.92 Å². The third-order valence-corrected chi connectivity index (χ3v) is 4.76. The van der Waals surface area contributed by atoms with Gasteiger partial charge in [0.1, 0.15) is 11.3 Å². The van der Waals surface area contributed by atoms with Crippen LogP contribution in [0.1, 0.15) is 34.1 Å². The molecule has 0 bridgehead atoms. The van der Waals surface area contributed by atoms with E-state index in [1.54, 1.807) is 52.0 Å². The number of hydrogen-bond acceptors (Lipinski definition) is 4. The summed E-state index contributed by atoms with van der Waals surface area (Å²) < 4.78 is 5.18. The van der Waals surface area contributed by atoms with Gasteiger partial charge in [-0.25, -0.2) is 9.59 Å². The van der Waals surface area contributed by atoms with Crippen LogP contribution in [-0.4, -0.2) is 42.1 Å². The van der Waals surface area contributed by atoms with Crippen LogP contribution in [0.15, 0.2) is 28.7 Å². The van der Waals surface area contributed by atoms with Crippen LogP contribution in [0.2, 0.25) is 0 Å². The fraction of sp³-hybridized carbons (Fsp3) is 0.556. The zero-order chi connectivity index (χ0) is 18.8. The standard InChI is InChI=1S/C18H25BrN2O4/c1-5-21(24,15-8-6-14(19)7-9-15)16(22)13-10-11-20(12-13)17(23)25-18(2,3)4/h6-9,13H,5,10-12H2,1-4H3. The lowest BCUT2D eigenvalue weighted by Crippen LogP contribution is -2.52. The Morgan fingerprint density at radius 3 is 2.44 bits per heavy atom. The van der Waals surface area contributed by atoms with Gasteiger partial charge >= 0.3 is 12.0 Å². The number of quaternary nitrogens is 1. The summed E-state index contributed by atoms with van der Waals surface area (Å²) in [4.78, 5) is 26.6. The fourth-order valence-electron chi connectivity index (χ4n) is 2.90. The molecule has 1 fully saturated rings. The Bertz CT molecular complexity index is 641. The van der Waals surface area contributed by atoms with Gasteiger partial charge in [0.05, 0.1) is 12.5 Å². The minimum Gasteiger partial charge on any atom is -0.620 e. The Labute approximate surface area is 157 Å². The van der Waals surface area contributed by atoms with E-state index in [0.717, 1.165) is 4.47 Å². The molecular weight excluding hydrogens is 388 g/mol. The average molecular weight is 413 g/mol. The molecule has 1 aliphatic heterocycles. The van der Waals surface area contributed by atoms with Gasteiger partial charge in [0.15, 0.2) is 0 Å². The normalized spacial score (nSPS) is 20.2. The van der Waals surface area contributed by atoms with Crippen LogP contribution in [0.25, 0.3) is 0 Å². The maximum absolute atomic E-state index is 13.2. The molecule has 7 heteroatoms. The number of halogens is 1. The van der Waals surface area contributed by atoms with E-state index < -0.39 is 28.2 Å². The monoisotopic (exact) mass is 412 g/mol. The molecule has 0 aliphatic carbocycles. The highest BCUT2D eigenvalue weighted by Gasteiger charge is 2.41. The van der Waals surface area contributed by atoms with Crippen LogP contribution in [-0.2, 0) is 9.53 Å². The lowest BCUT2D eigenvalue weighted by atomic mass is 10.1. The molecule has 1 aromatic carbocycles. The van der Waals surface area contributed by atoms with E-state index in [2.05, 4.69) is 15.9 Å². The van der Waals surface area contributed by atoms with Gasteiger partial charge in [0.2, 0.25) is 0 Å². The average Bonchev–Trinajstić information content (AvgIpc) is 3.02. The van der Waals surface area contributed by atoms with E-state index in [-0.39, 0.29) is 13.1 Å². The van der Waals surface area contributed by atoms with Gasteiger partial charge in [-0.15, -0.1) is 0 Å². The van der Waals surface area contributed by atoms with E-state index in [9.17, 15) is 14.8 Å². The molecule has 1 heterocycles. The highest BCUT2D eigenvalue weighted by atomic mass is 79.9. The van der Waals surface area contributed by atoms with Gasteiger partial charge in [-0.05, 0) is 46.2 Å². The fourth-order valence-corrected chi connectivity index (χ4v) is 3.16. The minimum absolute atomic E-state index is 0.114. The summed E-state index contributed by atoms with van der Waals surface area (Å²) in [5, 5.41) is 13.2. The third kappa shape index (κ3) is 4.59. The van der Waals surface area contributed by atoms with E-state index in [4.69, 9.17) is 4.74 Å². The summed E-state index contributed by atoms with van der Waals surface area (Å²) in [6, 6.07) is 6.84. The first-order chi connectivity index (χ1) is 11.6. The van der Waals surface area contributed by atoms with Gasteiger partial charge < -0.3 is 14.8 Å². The zero-order valence-electron chi connectivity index (χ0n) is 15.1. The van der Waals surface area contributed by atoms with Gasteiger partial charge in [-0.1, -0.05) is 15.9 Å². The highest BCUT2D eigenvalue weighted by molar-refractivity contribution is 9.10. The molecule has 0 saturated carbocycles. The first kappa shape index (κ1) is 19.9. The van der Waals surface area contributed by atoms with Crippen molar-refractivity contribution in [2.45, 2.75) is 39.7 Å². The Kier molecular flexibility index (Phi) is 5.91. The second-order valence-corrected chi connectivity index (χ2v) is 8.20. The number of carbonyl (C=O) groups excluding carboxylic acids is 2. The number of ether oxygens (including phenoxy) is 1. The molecule has 2 unspecified atom stereocenters. The number of carbonyl (C=O) groups is 2. The maximum atomic E-state index is 13.2. The lowest BCUT2D eigenvalue weighted by Gasteiger charge is -2.39. The Morgan fingerprint density at radius 1 is 1.32 bits per heavy atom. The molecule has 2 amide bonds. The largest absolute Gasteiger partial charge is 0.620 e. The van der Waals surface area contributed by atoms with Crippen molar-refractivity contribution in [1.29, 1.82) is 0 Å². The molecule has 1 saturated heterocycles. The number of amides is 2. The number of nitrogens with zero attached hydrogens (tertiary/aromatic N) is 2. The first-order valence-corrected chi connectivity index (χ1v) is 9.23. The number of benzene rings is 1. The molecule has 1 aromatic rings. The Hall–Kier alpha value is -1.44. The lowest BCUT2D eigenvalue weighted by molar-refractivity contribution is -0.131. The number of hydroxylamine groups is 2. The minimum atomic E-state index is -1.01. The van der Waals surface area contributed by atoms with E-state index in [1.165, 1.54) is 4.90 Å². The van der Waals surface area contributed by atoms with Crippen LogP contribution in [0.4, 0.5) is 10.5 Å². The number of hydrogen-bond donors (Lipinski definition) is 0. The molecule has 1 aliphatic rings. The Balaban J connectivity index is 2.11. The van der Waals surface area contributed by atoms with Crippen molar-refractivity contribution < 1.29 is 14.3 Å². The second-order valence-electron chi connectivity index (χ2n) is 7.28. The number of rotatable bonds is 3. The van der Waals surface area contributed by atoms with Crippen molar-refractivity contribution in [2.75, 3.05) is 19.6 Å². The molecule has 25 heavy (non-hydrogen) atoms. The molecule has 0 aromatic heterocycles. The summed E-state index contributed by atoms with van der Waals surface area (Å²) in [5.41, 5.74) is -0.176. The summed E-state index contributed by atoms with van der Waals surface area (Å²) in [5.74, 6) is -0.885. The van der Waals surface area contributed by atoms with Crippen LogP contribution < -0.4 is 4.65 Å². The quantitative estimate of drug-likeness (QED) is 0.554. The van der Waals surface area contributed by atoms with Gasteiger partial charge in [0, 0.05) is 29.7 Å². The SMILES string of the molecule is CC[N+]([O-])(C(=O)C1CCN(C(=O)OC(C)(C)C)C1)c1ccc(Br)cc1. The van der Waals surface area contributed by atoms with Gasteiger partial charge in [0.25, 0.3) is 0 Å². The van der Waals surface area contributed by atoms with Crippen molar-refractivity contribution in [3.63, 3.8) is 0 Å². The molecular formula is C18H25BrN2O4. The van der Waals surface area contributed by atoms with Crippen molar-refractivity contribution in [3.8, 4) is 0 Å². The summed E-state index contributed by atoms with van der Waals surface area (Å²) in [6.45, 7) is 7.87. The number of likely N-dealkylation sites (tertiary alicyclic amines) is 1. The summed E-state index contributed by atoms with van der Waals surface area (Å²) in [6.07, 6.45) is 0.0450. The molecule has 2 atom stereocenters. The summed E-state index contributed by atoms with van der Waals surface area (Å²) in [7, 11) is 0. The molecule has 0 N–H and O–H groups in total. The van der Waals surface area contributed by atoms with Gasteiger partial charge in [-0.2, -0.15) is 0 Å². The third-order valence-electron chi connectivity index (χ3n) is 4.23. The van der Waals surface area contributed by atoms with Crippen molar-refractivity contribution in [1.82, 2.24) is 9.55 Å². The molecule has 2 rings (SSSR count). The van der Waals surface area contributed by atoms with Crippen LogP contribution in [0.5, 0.6) is 0 Å². The smallest absolute Gasteiger partial charge is 0.410 e. The van der Waals surface area contributed by atoms with E-state index in [1.807, 2.05) is 0 Å². The Morgan fingerprint density at radius 2 is 1.92 bits per heavy atom. The molecule has 6 nitrogen and oxygen atoms in total. The van der Waals surface area contributed by atoms with Crippen molar-refractivity contribution in [3.05, 3.63) is 33.9 Å². The van der Waals surface area contributed by atoms with Crippen molar-refractivity contribution >= 4 is 33.6 Å². The highest BCUT2D eigenvalue weighted by Crippen LogP contribution is 2.30. The van der Waals surface area contributed by atoms with Crippen LogP contribution >= 0.6 is 15.9 Å². The van der Waals surface area contributed by atoms with E-state index in [0.29, 0.717) is 18.7 Å².